The third-order valence-electron chi connectivity index (χ3n) is 19.7. The van der Waals surface area contributed by atoms with Gasteiger partial charge in [-0.2, -0.15) is 0 Å². The van der Waals surface area contributed by atoms with E-state index in [1.807, 2.05) is 0 Å². The SMILES string of the molecule is CCCCCC/C=C\C=C/CCCCCCCC(=O)OC[C@H](COP(=O)(O)OC[C@@H](O)COP(=O)(O)OC[C@@H](COC(=O)CCCCCCCCC(C)CC)OC(=O)CCCCCCCCCCCCCCCCCCCCC(C)CC)OC(=O)CCCCCCCCCCCCCCCC(C)C. The Morgan fingerprint density at radius 1 is 0.320 bits per heavy atom. The molecule has 3 N–H and O–H groups in total. The van der Waals surface area contributed by atoms with E-state index in [4.69, 9.17) is 37.0 Å². The summed E-state index contributed by atoms with van der Waals surface area (Å²) in [6.45, 7) is 11.9. The first kappa shape index (κ1) is 101. The topological polar surface area (TPSA) is 237 Å². The third kappa shape index (κ3) is 74.8. The molecule has 19 heteroatoms. The van der Waals surface area contributed by atoms with Crippen molar-refractivity contribution in [1.29, 1.82) is 0 Å². The van der Waals surface area contributed by atoms with Crippen LogP contribution in [-0.4, -0.2) is 96.7 Å². The number of rotatable bonds is 80. The predicted octanol–water partition coefficient (Wildman–Crippen LogP) is 24.9. The first-order valence-corrected chi connectivity index (χ1v) is 45.7. The lowest BCUT2D eigenvalue weighted by Crippen LogP contribution is -2.30. The summed E-state index contributed by atoms with van der Waals surface area (Å²) < 4.78 is 68.7. The fraction of sp³-hybridized carbons (Fsp3) is 0.905. The molecule has 0 bridgehead atoms. The zero-order valence-electron chi connectivity index (χ0n) is 67.3. The zero-order chi connectivity index (χ0) is 75.8. The first-order chi connectivity index (χ1) is 49.8. The van der Waals surface area contributed by atoms with Crippen LogP contribution in [0.15, 0.2) is 24.3 Å². The van der Waals surface area contributed by atoms with Crippen molar-refractivity contribution in [3.8, 4) is 0 Å². The number of carbonyl (C=O) groups is 4. The van der Waals surface area contributed by atoms with Crippen LogP contribution in [0.1, 0.15) is 414 Å². The van der Waals surface area contributed by atoms with Crippen LogP contribution < -0.4 is 0 Å². The van der Waals surface area contributed by atoms with Crippen molar-refractivity contribution in [3.63, 3.8) is 0 Å². The molecule has 0 saturated heterocycles. The minimum absolute atomic E-state index is 0.100. The minimum Gasteiger partial charge on any atom is -0.462 e. The van der Waals surface area contributed by atoms with Gasteiger partial charge in [0.2, 0.25) is 0 Å². The Hall–Kier alpha value is -2.46. The highest BCUT2D eigenvalue weighted by Gasteiger charge is 2.30. The van der Waals surface area contributed by atoms with E-state index < -0.39 is 97.5 Å². The van der Waals surface area contributed by atoms with E-state index in [1.165, 1.54) is 199 Å². The quantitative estimate of drug-likeness (QED) is 0.0169. The largest absolute Gasteiger partial charge is 0.472 e. The Labute approximate surface area is 631 Å². The van der Waals surface area contributed by atoms with Crippen LogP contribution in [0.5, 0.6) is 0 Å². The number of carbonyl (C=O) groups excluding carboxylic acids is 4. The maximum Gasteiger partial charge on any atom is 0.472 e. The van der Waals surface area contributed by atoms with Crippen LogP contribution in [0.3, 0.4) is 0 Å². The van der Waals surface area contributed by atoms with Crippen molar-refractivity contribution >= 4 is 39.5 Å². The number of phosphoric ester groups is 2. The van der Waals surface area contributed by atoms with E-state index in [0.717, 1.165) is 133 Å². The Morgan fingerprint density at radius 3 is 0.864 bits per heavy atom. The molecular formula is C84H160O17P2. The molecular weight excluding hydrogens is 1340 g/mol. The fourth-order valence-corrected chi connectivity index (χ4v) is 14.0. The van der Waals surface area contributed by atoms with Crippen molar-refractivity contribution in [1.82, 2.24) is 0 Å². The van der Waals surface area contributed by atoms with Crippen LogP contribution >= 0.6 is 15.6 Å². The lowest BCUT2D eigenvalue weighted by atomic mass is 9.99. The molecule has 0 amide bonds. The van der Waals surface area contributed by atoms with Crippen molar-refractivity contribution in [2.45, 2.75) is 433 Å². The lowest BCUT2D eigenvalue weighted by molar-refractivity contribution is -0.161. The molecule has 0 aliphatic carbocycles. The highest BCUT2D eigenvalue weighted by molar-refractivity contribution is 7.47. The predicted molar refractivity (Wildman–Crippen MR) is 423 cm³/mol. The maximum atomic E-state index is 13.1. The Balaban J connectivity index is 5.24. The molecule has 0 rings (SSSR count). The second-order valence-corrected chi connectivity index (χ2v) is 33.4. The van der Waals surface area contributed by atoms with E-state index in [0.29, 0.717) is 25.7 Å². The smallest absolute Gasteiger partial charge is 0.462 e. The zero-order valence-corrected chi connectivity index (χ0v) is 69.1. The number of aliphatic hydroxyl groups excluding tert-OH is 1. The van der Waals surface area contributed by atoms with Crippen molar-refractivity contribution in [2.75, 3.05) is 39.6 Å². The number of hydrogen-bond donors (Lipinski definition) is 3. The molecule has 103 heavy (non-hydrogen) atoms. The molecule has 0 aromatic carbocycles. The molecule has 7 atom stereocenters. The molecule has 0 aromatic heterocycles. The van der Waals surface area contributed by atoms with Gasteiger partial charge in [0.1, 0.15) is 19.3 Å². The normalized spacial score (nSPS) is 14.6. The summed E-state index contributed by atoms with van der Waals surface area (Å²) >= 11 is 0. The summed E-state index contributed by atoms with van der Waals surface area (Å²) in [4.78, 5) is 73.1. The fourth-order valence-electron chi connectivity index (χ4n) is 12.4. The molecule has 0 aliphatic rings. The van der Waals surface area contributed by atoms with Crippen LogP contribution in [0.4, 0.5) is 0 Å². The van der Waals surface area contributed by atoms with Gasteiger partial charge in [-0.1, -0.05) is 362 Å². The van der Waals surface area contributed by atoms with Crippen LogP contribution in [-0.2, 0) is 65.4 Å². The second-order valence-electron chi connectivity index (χ2n) is 30.5. The summed E-state index contributed by atoms with van der Waals surface area (Å²) in [7, 11) is -9.94. The van der Waals surface area contributed by atoms with Crippen molar-refractivity contribution in [2.24, 2.45) is 17.8 Å². The summed E-state index contributed by atoms with van der Waals surface area (Å²) in [5.41, 5.74) is 0. The van der Waals surface area contributed by atoms with Gasteiger partial charge in [0.05, 0.1) is 26.4 Å². The number of phosphoric acid groups is 2. The second kappa shape index (κ2) is 73.7. The summed E-state index contributed by atoms with van der Waals surface area (Å²) in [5, 5.41) is 10.7. The summed E-state index contributed by atoms with van der Waals surface area (Å²) in [6.07, 6.45) is 66.1. The molecule has 17 nitrogen and oxygen atoms in total. The molecule has 0 aromatic rings. The van der Waals surface area contributed by atoms with E-state index in [2.05, 4.69) is 72.8 Å². The molecule has 0 spiro atoms. The average Bonchev–Trinajstić information content (AvgIpc) is 1.10. The number of allylic oxidation sites excluding steroid dienone is 4. The highest BCUT2D eigenvalue weighted by Crippen LogP contribution is 2.45. The molecule has 4 unspecified atom stereocenters. The third-order valence-corrected chi connectivity index (χ3v) is 21.6. The van der Waals surface area contributed by atoms with Crippen molar-refractivity contribution < 1.29 is 80.2 Å². The number of hydrogen-bond acceptors (Lipinski definition) is 15. The standard InChI is InChI=1S/C84H160O17P2/c1-8-11-12-13-14-15-16-17-22-28-33-38-43-51-58-65-81(86)94-71-79(100-83(88)68-61-54-45-40-35-30-25-26-31-36-41-48-55-62-75(4)5)73-98-102(90,91)96-69-78(85)70-97-103(92,93)99-74-80(72-95-82(87)66-59-52-47-46-50-57-64-77(7)10-3)101-84(89)67-60-53-44-39-34-29-24-21-19-18-20-23-27-32-37-42-49-56-63-76(6)9-2/h15-17,22,75-80,85H,8-14,18-21,23-74H2,1-7H3,(H,90,91)(H,92,93)/b16-15-,22-17-/t76?,77?,78-,79-,80-/m1/s1. The Kier molecular flexibility index (Phi) is 71.9. The van der Waals surface area contributed by atoms with Gasteiger partial charge in [0.15, 0.2) is 12.2 Å². The Morgan fingerprint density at radius 2 is 0.573 bits per heavy atom. The van der Waals surface area contributed by atoms with Crippen molar-refractivity contribution in [3.05, 3.63) is 24.3 Å². The molecule has 0 radical (unpaired) electrons. The van der Waals surface area contributed by atoms with Crippen LogP contribution in [0.2, 0.25) is 0 Å². The summed E-state index contributed by atoms with van der Waals surface area (Å²) in [5.74, 6) is 0.244. The van der Waals surface area contributed by atoms with Gasteiger partial charge in [-0.15, -0.1) is 0 Å². The monoisotopic (exact) mass is 1500 g/mol. The molecule has 0 aliphatic heterocycles. The number of unbranched alkanes of at least 4 members (excludes halogenated alkanes) is 43. The van der Waals surface area contributed by atoms with Gasteiger partial charge < -0.3 is 33.8 Å². The Bertz CT molecular complexity index is 2090. The van der Waals surface area contributed by atoms with Gasteiger partial charge in [-0.25, -0.2) is 9.13 Å². The highest BCUT2D eigenvalue weighted by atomic mass is 31.2. The van der Waals surface area contributed by atoms with Crippen LogP contribution in [0.25, 0.3) is 0 Å². The molecule has 0 fully saturated rings. The maximum absolute atomic E-state index is 13.1. The van der Waals surface area contributed by atoms with E-state index in [9.17, 15) is 43.2 Å². The van der Waals surface area contributed by atoms with Gasteiger partial charge in [-0.3, -0.25) is 37.3 Å². The number of aliphatic hydroxyl groups is 1. The molecule has 0 heterocycles. The van der Waals surface area contributed by atoms with E-state index in [1.54, 1.807) is 0 Å². The molecule has 608 valence electrons. The summed E-state index contributed by atoms with van der Waals surface area (Å²) in [6, 6.07) is 0. The molecule has 0 saturated carbocycles. The first-order valence-electron chi connectivity index (χ1n) is 42.7. The van der Waals surface area contributed by atoms with E-state index in [-0.39, 0.29) is 25.7 Å². The lowest BCUT2D eigenvalue weighted by Gasteiger charge is -2.21. The van der Waals surface area contributed by atoms with Gasteiger partial charge in [0.25, 0.3) is 0 Å². The number of ether oxygens (including phenoxy) is 4. The number of esters is 4. The van der Waals surface area contributed by atoms with E-state index >= 15 is 0 Å². The average molecular weight is 1500 g/mol. The minimum atomic E-state index is -4.97. The van der Waals surface area contributed by atoms with Crippen LogP contribution in [0, 0.1) is 17.8 Å². The van der Waals surface area contributed by atoms with Gasteiger partial charge >= 0.3 is 39.5 Å². The van der Waals surface area contributed by atoms with Gasteiger partial charge in [0, 0.05) is 25.7 Å². The van der Waals surface area contributed by atoms with Gasteiger partial charge in [-0.05, 0) is 69.1 Å².